The number of hydrogen-bond donors (Lipinski definition) is 1. The molecule has 0 unspecified atom stereocenters. The molecule has 4 heteroatoms. The highest BCUT2D eigenvalue weighted by atomic mass is 16.5. The lowest BCUT2D eigenvalue weighted by molar-refractivity contribution is 0.128. The number of rotatable bonds is 4. The minimum absolute atomic E-state index is 0.329. The van der Waals surface area contributed by atoms with Gasteiger partial charge in [-0.2, -0.15) is 5.10 Å². The number of nitrogens with zero attached hydrogens (tertiary/aromatic N) is 2. The summed E-state index contributed by atoms with van der Waals surface area (Å²) >= 11 is 0. The molecule has 0 bridgehead atoms. The molecule has 17 heavy (non-hydrogen) atoms. The van der Waals surface area contributed by atoms with Gasteiger partial charge in [0.1, 0.15) is 6.10 Å². The molecule has 0 amide bonds. The molecule has 1 aromatic heterocycles. The monoisotopic (exact) mass is 235 g/mol. The van der Waals surface area contributed by atoms with Gasteiger partial charge in [0.25, 0.3) is 0 Å². The summed E-state index contributed by atoms with van der Waals surface area (Å²) < 4.78 is 5.84. The first-order valence-electron chi connectivity index (χ1n) is 6.42. The van der Waals surface area contributed by atoms with Crippen molar-refractivity contribution < 1.29 is 4.74 Å². The predicted octanol–water partition coefficient (Wildman–Crippen LogP) is 2.15. The highest BCUT2D eigenvalue weighted by Crippen LogP contribution is 2.26. The van der Waals surface area contributed by atoms with E-state index in [1.807, 2.05) is 19.2 Å². The Bertz CT molecular complexity index is 331. The molecule has 2 rings (SSSR count). The number of hydrogen-bond acceptors (Lipinski definition) is 4. The van der Waals surface area contributed by atoms with Crippen LogP contribution in [0, 0.1) is 5.92 Å². The van der Waals surface area contributed by atoms with Crippen molar-refractivity contribution in [1.29, 1.82) is 0 Å². The van der Waals surface area contributed by atoms with Crippen LogP contribution in [-0.4, -0.2) is 23.3 Å². The zero-order valence-corrected chi connectivity index (χ0v) is 10.6. The highest BCUT2D eigenvalue weighted by molar-refractivity contribution is 5.11. The van der Waals surface area contributed by atoms with Crippen molar-refractivity contribution in [2.75, 3.05) is 7.05 Å². The van der Waals surface area contributed by atoms with Gasteiger partial charge in [0.05, 0.1) is 5.69 Å². The van der Waals surface area contributed by atoms with Crippen LogP contribution in [0.3, 0.4) is 0 Å². The van der Waals surface area contributed by atoms with Crippen LogP contribution in [0.2, 0.25) is 0 Å². The summed E-state index contributed by atoms with van der Waals surface area (Å²) in [6.07, 6.45) is 5.13. The molecule has 0 aliphatic heterocycles. The molecule has 1 aromatic rings. The number of ether oxygens (including phenoxy) is 1. The molecule has 4 nitrogen and oxygen atoms in total. The molecule has 1 N–H and O–H groups in total. The van der Waals surface area contributed by atoms with E-state index in [2.05, 4.69) is 22.4 Å². The summed E-state index contributed by atoms with van der Waals surface area (Å²) in [5.74, 6) is 1.50. The fourth-order valence-electron chi connectivity index (χ4n) is 2.20. The third kappa shape index (κ3) is 3.66. The highest BCUT2D eigenvalue weighted by Gasteiger charge is 2.19. The minimum atomic E-state index is 0.329. The molecule has 1 aliphatic carbocycles. The number of nitrogens with one attached hydrogen (secondary N) is 1. The van der Waals surface area contributed by atoms with E-state index in [4.69, 9.17) is 4.74 Å². The van der Waals surface area contributed by atoms with E-state index in [-0.39, 0.29) is 0 Å². The average molecular weight is 235 g/mol. The van der Waals surface area contributed by atoms with Crippen molar-refractivity contribution in [2.24, 2.45) is 5.92 Å². The van der Waals surface area contributed by atoms with Crippen molar-refractivity contribution in [3.63, 3.8) is 0 Å². The molecular weight excluding hydrogens is 214 g/mol. The fraction of sp³-hybridized carbons (Fsp3) is 0.692. The maximum absolute atomic E-state index is 5.84. The van der Waals surface area contributed by atoms with Gasteiger partial charge >= 0.3 is 0 Å². The fourth-order valence-corrected chi connectivity index (χ4v) is 2.20. The standard InChI is InChI=1S/C13H21N3O/c1-10-3-6-12(7-4-10)17-13-8-5-11(9-14-2)15-16-13/h5,8,10,12,14H,3-4,6-7,9H2,1-2H3. The molecule has 1 fully saturated rings. The first-order chi connectivity index (χ1) is 8.28. The summed E-state index contributed by atoms with van der Waals surface area (Å²) in [4.78, 5) is 0. The smallest absolute Gasteiger partial charge is 0.233 e. The molecule has 0 atom stereocenters. The third-order valence-corrected chi connectivity index (χ3v) is 3.30. The van der Waals surface area contributed by atoms with E-state index in [1.54, 1.807) is 0 Å². The average Bonchev–Trinajstić information content (AvgIpc) is 2.35. The Morgan fingerprint density at radius 2 is 2.00 bits per heavy atom. The van der Waals surface area contributed by atoms with E-state index in [0.29, 0.717) is 12.0 Å². The van der Waals surface area contributed by atoms with Crippen molar-refractivity contribution in [2.45, 2.75) is 45.3 Å². The summed E-state index contributed by atoms with van der Waals surface area (Å²) in [5.41, 5.74) is 0.942. The van der Waals surface area contributed by atoms with Gasteiger partial charge in [-0.1, -0.05) is 6.92 Å². The maximum Gasteiger partial charge on any atom is 0.233 e. The van der Waals surface area contributed by atoms with Gasteiger partial charge in [0, 0.05) is 12.6 Å². The van der Waals surface area contributed by atoms with E-state index < -0.39 is 0 Å². The zero-order chi connectivity index (χ0) is 12.1. The molecule has 1 heterocycles. The first kappa shape index (κ1) is 12.3. The van der Waals surface area contributed by atoms with Gasteiger partial charge in [0.2, 0.25) is 5.88 Å². The summed E-state index contributed by atoms with van der Waals surface area (Å²) in [6, 6.07) is 3.88. The molecule has 94 valence electrons. The van der Waals surface area contributed by atoms with Crippen LogP contribution in [0.25, 0.3) is 0 Å². The van der Waals surface area contributed by atoms with Crippen LogP contribution in [0.15, 0.2) is 12.1 Å². The Morgan fingerprint density at radius 1 is 1.24 bits per heavy atom. The van der Waals surface area contributed by atoms with Crippen LogP contribution >= 0.6 is 0 Å². The molecule has 1 saturated carbocycles. The van der Waals surface area contributed by atoms with Crippen LogP contribution in [-0.2, 0) is 6.54 Å². The Kier molecular flexibility index (Phi) is 4.31. The van der Waals surface area contributed by atoms with Crippen LogP contribution in [0.5, 0.6) is 5.88 Å². The maximum atomic E-state index is 5.84. The Morgan fingerprint density at radius 3 is 2.59 bits per heavy atom. The Hall–Kier alpha value is -1.16. The van der Waals surface area contributed by atoms with Crippen molar-refractivity contribution in [3.8, 4) is 5.88 Å². The molecule has 0 radical (unpaired) electrons. The molecule has 1 aliphatic rings. The Balaban J connectivity index is 1.86. The lowest BCUT2D eigenvalue weighted by Crippen LogP contribution is -2.23. The molecular formula is C13H21N3O. The SMILES string of the molecule is CNCc1ccc(OC2CCC(C)CC2)nn1. The summed E-state index contributed by atoms with van der Waals surface area (Å²) in [5, 5.41) is 11.3. The lowest BCUT2D eigenvalue weighted by atomic mass is 9.89. The second-order valence-corrected chi connectivity index (χ2v) is 4.89. The molecule has 0 aromatic carbocycles. The van der Waals surface area contributed by atoms with E-state index in [0.717, 1.165) is 31.0 Å². The third-order valence-electron chi connectivity index (χ3n) is 3.30. The van der Waals surface area contributed by atoms with Gasteiger partial charge < -0.3 is 10.1 Å². The predicted molar refractivity (Wildman–Crippen MR) is 66.8 cm³/mol. The van der Waals surface area contributed by atoms with E-state index in [1.165, 1.54) is 12.8 Å². The topological polar surface area (TPSA) is 47.0 Å². The molecule has 0 saturated heterocycles. The number of aromatic nitrogens is 2. The van der Waals surface area contributed by atoms with Gasteiger partial charge in [-0.25, -0.2) is 0 Å². The van der Waals surface area contributed by atoms with Gasteiger partial charge in [0.15, 0.2) is 0 Å². The van der Waals surface area contributed by atoms with E-state index >= 15 is 0 Å². The summed E-state index contributed by atoms with van der Waals surface area (Å²) in [7, 11) is 1.90. The van der Waals surface area contributed by atoms with Crippen LogP contribution in [0.4, 0.5) is 0 Å². The zero-order valence-electron chi connectivity index (χ0n) is 10.6. The Labute approximate surface area is 103 Å². The lowest BCUT2D eigenvalue weighted by Gasteiger charge is -2.26. The second kappa shape index (κ2) is 5.96. The minimum Gasteiger partial charge on any atom is -0.473 e. The molecule has 0 spiro atoms. The second-order valence-electron chi connectivity index (χ2n) is 4.89. The van der Waals surface area contributed by atoms with Crippen LogP contribution < -0.4 is 10.1 Å². The summed E-state index contributed by atoms with van der Waals surface area (Å²) in [6.45, 7) is 3.05. The first-order valence-corrected chi connectivity index (χ1v) is 6.42. The normalized spacial score (nSPS) is 24.6. The van der Waals surface area contributed by atoms with Crippen molar-refractivity contribution in [1.82, 2.24) is 15.5 Å². The van der Waals surface area contributed by atoms with Gasteiger partial charge in [-0.15, -0.1) is 5.10 Å². The van der Waals surface area contributed by atoms with Crippen molar-refractivity contribution in [3.05, 3.63) is 17.8 Å². The van der Waals surface area contributed by atoms with Gasteiger partial charge in [-0.3, -0.25) is 0 Å². The van der Waals surface area contributed by atoms with Gasteiger partial charge in [-0.05, 0) is 44.7 Å². The van der Waals surface area contributed by atoms with Crippen molar-refractivity contribution >= 4 is 0 Å². The van der Waals surface area contributed by atoms with Crippen LogP contribution in [0.1, 0.15) is 38.3 Å². The van der Waals surface area contributed by atoms with E-state index in [9.17, 15) is 0 Å². The quantitative estimate of drug-likeness (QED) is 0.868. The largest absolute Gasteiger partial charge is 0.473 e.